The van der Waals surface area contributed by atoms with Crippen molar-refractivity contribution < 1.29 is 64.6 Å². The normalized spacial score (nSPS) is 25.6. The van der Waals surface area contributed by atoms with Crippen LogP contribution in [0.15, 0.2) is 60.8 Å². The second-order valence-corrected chi connectivity index (χ2v) is 20.7. The van der Waals surface area contributed by atoms with Gasteiger partial charge in [0.25, 0.3) is 0 Å². The van der Waals surface area contributed by atoms with Crippen molar-refractivity contribution in [1.29, 1.82) is 0 Å². The summed E-state index contributed by atoms with van der Waals surface area (Å²) in [7, 11) is 0. The van der Waals surface area contributed by atoms with Crippen molar-refractivity contribution in [2.45, 2.75) is 293 Å². The van der Waals surface area contributed by atoms with Gasteiger partial charge in [-0.15, -0.1) is 0 Å². The van der Waals surface area contributed by atoms with E-state index in [0.29, 0.717) is 12.8 Å². The van der Waals surface area contributed by atoms with E-state index in [2.05, 4.69) is 67.8 Å². The first kappa shape index (κ1) is 67.8. The van der Waals surface area contributed by atoms with Crippen LogP contribution in [-0.2, 0) is 23.7 Å². The number of carbonyl (C=O) groups is 1. The minimum Gasteiger partial charge on any atom is -0.394 e. The lowest BCUT2D eigenvalue weighted by molar-refractivity contribution is -0.359. The van der Waals surface area contributed by atoms with Gasteiger partial charge in [0.05, 0.1) is 32.0 Å². The average molecular weight is 1050 g/mol. The molecule has 0 bridgehead atoms. The Morgan fingerprint density at radius 3 is 1.49 bits per heavy atom. The van der Waals surface area contributed by atoms with Crippen molar-refractivity contribution in [3.63, 3.8) is 0 Å². The number of amides is 1. The van der Waals surface area contributed by atoms with Gasteiger partial charge in [0.15, 0.2) is 12.6 Å². The van der Waals surface area contributed by atoms with E-state index in [4.69, 9.17) is 18.9 Å². The van der Waals surface area contributed by atoms with Crippen LogP contribution in [0.3, 0.4) is 0 Å². The predicted octanol–water partition coefficient (Wildman–Crippen LogP) is 9.78. The molecule has 14 nitrogen and oxygen atoms in total. The standard InChI is InChI=1S/C60H107NO13/c1-3-5-7-9-11-13-15-17-19-20-21-22-23-24-25-26-27-28-30-31-33-35-37-39-41-43-49(64)48(61-52(65)44-42-40-38-36-34-32-29-18-16-14-12-10-8-6-4-2)47-71-59-57(70)55(68)58(51(46-63)73-59)74-60-56(69)54(67)53(66)50(45-62)72-60/h6,8,12,14,18,29,33,35,41,43,48-51,53-60,62-64,66-70H,3-5,7,9-11,13,15-17,19-28,30-32,34,36-40,42,44-47H2,1-2H3,(H,61,65)/b8-6-,14-12-,29-18-,35-33+,43-41+. The summed E-state index contributed by atoms with van der Waals surface area (Å²) in [5, 5.41) is 87.0. The molecule has 0 aromatic rings. The third-order valence-corrected chi connectivity index (χ3v) is 14.2. The van der Waals surface area contributed by atoms with Crippen LogP contribution in [-0.4, -0.2) is 140 Å². The maximum atomic E-state index is 13.2. The molecule has 0 saturated carbocycles. The smallest absolute Gasteiger partial charge is 0.220 e. The quantitative estimate of drug-likeness (QED) is 0.0205. The number of aliphatic hydroxyl groups excluding tert-OH is 8. The Kier molecular flexibility index (Phi) is 41.9. The Bertz CT molecular complexity index is 1470. The third kappa shape index (κ3) is 31.2. The molecule has 0 radical (unpaired) electrons. The molecular weight excluding hydrogens is 943 g/mol. The number of nitrogens with one attached hydrogen (secondary N) is 1. The topological polar surface area (TPSA) is 228 Å². The monoisotopic (exact) mass is 1050 g/mol. The van der Waals surface area contributed by atoms with Crippen LogP contribution >= 0.6 is 0 Å². The molecule has 14 heteroatoms. The van der Waals surface area contributed by atoms with Gasteiger partial charge in [0.2, 0.25) is 5.91 Å². The van der Waals surface area contributed by atoms with E-state index in [0.717, 1.165) is 64.2 Å². The SMILES string of the molecule is CC/C=C\C/C=C\C/C=C\CCCCCCCC(=O)NC(COC1OC(CO)C(OC2OC(CO)C(O)C(O)C2O)C(O)C1O)C(O)/C=C/CC/C=C/CCCCCCCCCCCCCCCCCCCCC. The van der Waals surface area contributed by atoms with Gasteiger partial charge in [-0.25, -0.2) is 0 Å². The average Bonchev–Trinajstić information content (AvgIpc) is 3.40. The van der Waals surface area contributed by atoms with E-state index in [1.807, 2.05) is 6.08 Å². The minimum absolute atomic E-state index is 0.252. The van der Waals surface area contributed by atoms with Crippen molar-refractivity contribution in [1.82, 2.24) is 5.32 Å². The van der Waals surface area contributed by atoms with Crippen LogP contribution in [0.1, 0.15) is 219 Å². The molecule has 0 aromatic heterocycles. The molecule has 0 spiro atoms. The highest BCUT2D eigenvalue weighted by Crippen LogP contribution is 2.30. The van der Waals surface area contributed by atoms with Crippen molar-refractivity contribution in [3.8, 4) is 0 Å². The highest BCUT2D eigenvalue weighted by Gasteiger charge is 2.51. The number of hydrogen-bond acceptors (Lipinski definition) is 13. The lowest BCUT2D eigenvalue weighted by Crippen LogP contribution is -2.65. The first-order valence-corrected chi connectivity index (χ1v) is 29.5. The van der Waals surface area contributed by atoms with Crippen molar-refractivity contribution in [3.05, 3.63) is 60.8 Å². The van der Waals surface area contributed by atoms with Gasteiger partial charge in [-0.1, -0.05) is 209 Å². The largest absolute Gasteiger partial charge is 0.394 e. The molecule has 0 aromatic carbocycles. The number of ether oxygens (including phenoxy) is 4. The summed E-state index contributed by atoms with van der Waals surface area (Å²) >= 11 is 0. The molecule has 2 saturated heterocycles. The predicted molar refractivity (Wildman–Crippen MR) is 295 cm³/mol. The van der Waals surface area contributed by atoms with E-state index in [-0.39, 0.29) is 18.9 Å². The Morgan fingerprint density at radius 1 is 0.500 bits per heavy atom. The van der Waals surface area contributed by atoms with Crippen LogP contribution in [0, 0.1) is 0 Å². The van der Waals surface area contributed by atoms with Gasteiger partial charge in [-0.3, -0.25) is 4.79 Å². The van der Waals surface area contributed by atoms with Crippen LogP contribution in [0.4, 0.5) is 0 Å². The zero-order valence-corrected chi connectivity index (χ0v) is 46.1. The second-order valence-electron chi connectivity index (χ2n) is 20.7. The zero-order chi connectivity index (χ0) is 53.9. The fraction of sp³-hybridized carbons (Fsp3) is 0.817. The maximum Gasteiger partial charge on any atom is 0.220 e. The van der Waals surface area contributed by atoms with Crippen LogP contribution in [0.2, 0.25) is 0 Å². The molecule has 74 heavy (non-hydrogen) atoms. The van der Waals surface area contributed by atoms with E-state index < -0.39 is 86.8 Å². The number of allylic oxidation sites excluding steroid dienone is 9. The van der Waals surface area contributed by atoms with Gasteiger partial charge in [0.1, 0.15) is 48.8 Å². The Labute approximate surface area is 447 Å². The van der Waals surface area contributed by atoms with Crippen molar-refractivity contribution in [2.24, 2.45) is 0 Å². The van der Waals surface area contributed by atoms with Gasteiger partial charge in [-0.05, 0) is 64.2 Å². The zero-order valence-electron chi connectivity index (χ0n) is 46.1. The van der Waals surface area contributed by atoms with Crippen molar-refractivity contribution in [2.75, 3.05) is 19.8 Å². The van der Waals surface area contributed by atoms with Crippen molar-refractivity contribution >= 4 is 5.91 Å². The fourth-order valence-electron chi connectivity index (χ4n) is 9.44. The van der Waals surface area contributed by atoms with Crippen LogP contribution < -0.4 is 5.32 Å². The maximum absolute atomic E-state index is 13.2. The summed E-state index contributed by atoms with van der Waals surface area (Å²) in [6, 6.07) is -0.943. The third-order valence-electron chi connectivity index (χ3n) is 14.2. The summed E-state index contributed by atoms with van der Waals surface area (Å²) in [6.45, 7) is 2.66. The van der Waals surface area contributed by atoms with Gasteiger partial charge in [-0.2, -0.15) is 0 Å². The second kappa shape index (κ2) is 45.7. The van der Waals surface area contributed by atoms with Gasteiger partial charge in [0, 0.05) is 6.42 Å². The molecule has 2 aliphatic rings. The molecule has 9 N–H and O–H groups in total. The van der Waals surface area contributed by atoms with E-state index in [1.165, 1.54) is 122 Å². The van der Waals surface area contributed by atoms with E-state index in [9.17, 15) is 45.6 Å². The lowest BCUT2D eigenvalue weighted by atomic mass is 9.97. The highest BCUT2D eigenvalue weighted by atomic mass is 16.7. The van der Waals surface area contributed by atoms with Crippen LogP contribution in [0.25, 0.3) is 0 Å². The molecule has 1 amide bonds. The first-order chi connectivity index (χ1) is 36.1. The minimum atomic E-state index is -1.79. The summed E-state index contributed by atoms with van der Waals surface area (Å²) < 4.78 is 22.7. The Hall–Kier alpha value is -2.31. The molecule has 0 aliphatic carbocycles. The van der Waals surface area contributed by atoms with Crippen LogP contribution in [0.5, 0.6) is 0 Å². The molecule has 2 aliphatic heterocycles. The Balaban J connectivity index is 1.78. The number of unbranched alkanes of at least 4 members (excludes halogenated alkanes) is 25. The van der Waals surface area contributed by atoms with E-state index >= 15 is 0 Å². The molecule has 12 atom stereocenters. The number of aliphatic hydroxyl groups is 8. The van der Waals surface area contributed by atoms with Gasteiger partial charge < -0.3 is 65.1 Å². The number of rotatable bonds is 46. The highest BCUT2D eigenvalue weighted by molar-refractivity contribution is 5.76. The summed E-state index contributed by atoms with van der Waals surface area (Å²) in [6.07, 6.45) is 41.3. The Morgan fingerprint density at radius 2 is 0.946 bits per heavy atom. The molecule has 12 unspecified atom stereocenters. The number of hydrogen-bond donors (Lipinski definition) is 9. The van der Waals surface area contributed by atoms with Gasteiger partial charge >= 0.3 is 0 Å². The summed E-state index contributed by atoms with van der Waals surface area (Å²) in [5.41, 5.74) is 0. The summed E-state index contributed by atoms with van der Waals surface area (Å²) in [4.78, 5) is 13.2. The molecule has 2 rings (SSSR count). The molecular formula is C60H107NO13. The molecule has 2 heterocycles. The molecule has 430 valence electrons. The first-order valence-electron chi connectivity index (χ1n) is 29.5. The van der Waals surface area contributed by atoms with E-state index in [1.54, 1.807) is 6.08 Å². The number of carbonyl (C=O) groups excluding carboxylic acids is 1. The molecule has 2 fully saturated rings. The lowest BCUT2D eigenvalue weighted by Gasteiger charge is -2.46. The summed E-state index contributed by atoms with van der Waals surface area (Å²) in [5.74, 6) is -0.267. The fourth-order valence-corrected chi connectivity index (χ4v) is 9.44.